The monoisotopic (exact) mass is 481 g/mol. The smallest absolute Gasteiger partial charge is 0.258 e. The van der Waals surface area contributed by atoms with Crippen molar-refractivity contribution in [1.82, 2.24) is 4.31 Å². The number of fused-ring (bicyclic) bond motifs is 1. The summed E-state index contributed by atoms with van der Waals surface area (Å²) in [4.78, 5) is 27.2. The average Bonchev–Trinajstić information content (AvgIpc) is 3.30. The Morgan fingerprint density at radius 2 is 1.87 bits per heavy atom. The lowest BCUT2D eigenvalue weighted by Crippen LogP contribution is -2.43. The molecule has 10 heteroatoms. The standard InChI is InChI=1S/C21H24ClN3O4S2/c1-31(28,29)25-11-3-4-13(12-25)19(26)24-21-18(16-5-2-6-17(16)30-21)20(27)23-15-9-7-14(22)8-10-15/h7-10,13H,2-6,11-12H2,1H3,(H,23,27)(H,24,26). The molecule has 1 saturated heterocycles. The van der Waals surface area contributed by atoms with Crippen LogP contribution < -0.4 is 10.6 Å². The number of rotatable bonds is 5. The summed E-state index contributed by atoms with van der Waals surface area (Å²) >= 11 is 7.36. The lowest BCUT2D eigenvalue weighted by molar-refractivity contribution is -0.120. The fourth-order valence-corrected chi connectivity index (χ4v) is 6.46. The number of nitrogens with one attached hydrogen (secondary N) is 2. The molecule has 0 bridgehead atoms. The number of aryl methyl sites for hydroxylation is 1. The van der Waals surface area contributed by atoms with Crippen LogP contribution in [0.15, 0.2) is 24.3 Å². The number of sulfonamides is 1. The van der Waals surface area contributed by atoms with Crippen LogP contribution in [-0.4, -0.2) is 43.9 Å². The largest absolute Gasteiger partial charge is 0.322 e. The van der Waals surface area contributed by atoms with Crippen LogP contribution in [0.2, 0.25) is 5.02 Å². The number of carbonyl (C=O) groups excluding carboxylic acids is 2. The zero-order valence-electron chi connectivity index (χ0n) is 17.1. The highest BCUT2D eigenvalue weighted by Crippen LogP contribution is 2.40. The van der Waals surface area contributed by atoms with Crippen molar-refractivity contribution in [2.45, 2.75) is 32.1 Å². The van der Waals surface area contributed by atoms with Crippen LogP contribution in [0.1, 0.15) is 40.1 Å². The molecule has 0 saturated carbocycles. The third-order valence-corrected chi connectivity index (χ3v) is 8.44. The summed E-state index contributed by atoms with van der Waals surface area (Å²) in [7, 11) is -3.34. The molecule has 7 nitrogen and oxygen atoms in total. The van der Waals surface area contributed by atoms with E-state index in [1.54, 1.807) is 24.3 Å². The minimum Gasteiger partial charge on any atom is -0.322 e. The van der Waals surface area contributed by atoms with Gasteiger partial charge in [0.25, 0.3) is 5.91 Å². The molecule has 2 heterocycles. The molecule has 0 radical (unpaired) electrons. The summed E-state index contributed by atoms with van der Waals surface area (Å²) in [6.07, 6.45) is 5.10. The number of nitrogens with zero attached hydrogens (tertiary/aromatic N) is 1. The molecule has 1 fully saturated rings. The first-order valence-corrected chi connectivity index (χ1v) is 13.2. The van der Waals surface area contributed by atoms with Crippen molar-refractivity contribution in [1.29, 1.82) is 0 Å². The van der Waals surface area contributed by atoms with Gasteiger partial charge < -0.3 is 10.6 Å². The fraction of sp³-hybridized carbons (Fsp3) is 0.429. The van der Waals surface area contributed by atoms with E-state index in [4.69, 9.17) is 11.6 Å². The molecule has 0 spiro atoms. The van der Waals surface area contributed by atoms with E-state index in [-0.39, 0.29) is 18.4 Å². The van der Waals surface area contributed by atoms with Gasteiger partial charge in [-0.3, -0.25) is 9.59 Å². The number of amides is 2. The number of anilines is 2. The van der Waals surface area contributed by atoms with Crippen LogP contribution in [0.3, 0.4) is 0 Å². The topological polar surface area (TPSA) is 95.6 Å². The predicted octanol–water partition coefficient (Wildman–Crippen LogP) is 3.75. The molecule has 1 atom stereocenters. The summed E-state index contributed by atoms with van der Waals surface area (Å²) in [6.45, 7) is 0.604. The molecule has 1 aliphatic heterocycles. The molecule has 1 aromatic carbocycles. The molecule has 2 amide bonds. The lowest BCUT2D eigenvalue weighted by Gasteiger charge is -2.30. The molecule has 4 rings (SSSR count). The van der Waals surface area contributed by atoms with Crippen LogP contribution in [0, 0.1) is 5.92 Å². The average molecular weight is 482 g/mol. The molecule has 2 N–H and O–H groups in total. The van der Waals surface area contributed by atoms with Crippen molar-refractivity contribution in [3.63, 3.8) is 0 Å². The van der Waals surface area contributed by atoms with Crippen LogP contribution in [0.5, 0.6) is 0 Å². The highest BCUT2D eigenvalue weighted by atomic mass is 35.5. The van der Waals surface area contributed by atoms with Gasteiger partial charge >= 0.3 is 0 Å². The predicted molar refractivity (Wildman–Crippen MR) is 124 cm³/mol. The Kier molecular flexibility index (Phi) is 6.39. The summed E-state index contributed by atoms with van der Waals surface area (Å²) in [5, 5.41) is 6.95. The summed E-state index contributed by atoms with van der Waals surface area (Å²) < 4.78 is 25.1. The molecule has 2 aliphatic rings. The number of hydrogen-bond donors (Lipinski definition) is 2. The molecule has 2 aromatic rings. The number of hydrogen-bond acceptors (Lipinski definition) is 5. The number of benzene rings is 1. The van der Waals surface area contributed by atoms with Gasteiger partial charge in [0, 0.05) is 28.7 Å². The fourth-order valence-electron chi connectivity index (χ4n) is 4.13. The summed E-state index contributed by atoms with van der Waals surface area (Å²) in [6, 6.07) is 6.86. The zero-order valence-corrected chi connectivity index (χ0v) is 19.5. The van der Waals surface area contributed by atoms with Crippen LogP contribution >= 0.6 is 22.9 Å². The van der Waals surface area contributed by atoms with Crippen LogP contribution in [-0.2, 0) is 27.7 Å². The normalized spacial score (nSPS) is 19.1. The Morgan fingerprint density at radius 3 is 2.58 bits per heavy atom. The van der Waals surface area contributed by atoms with E-state index in [2.05, 4.69) is 10.6 Å². The number of piperidine rings is 1. The van der Waals surface area contributed by atoms with E-state index < -0.39 is 15.9 Å². The molecule has 1 unspecified atom stereocenters. The molecule has 31 heavy (non-hydrogen) atoms. The third-order valence-electron chi connectivity index (χ3n) is 5.71. The van der Waals surface area contributed by atoms with E-state index in [0.717, 1.165) is 36.0 Å². The van der Waals surface area contributed by atoms with Gasteiger partial charge in [-0.15, -0.1) is 11.3 Å². The second-order valence-electron chi connectivity index (χ2n) is 7.97. The third kappa shape index (κ3) is 4.95. The van der Waals surface area contributed by atoms with E-state index in [1.807, 2.05) is 0 Å². The van der Waals surface area contributed by atoms with Crippen LogP contribution in [0.25, 0.3) is 0 Å². The van der Waals surface area contributed by atoms with E-state index in [0.29, 0.717) is 40.7 Å². The van der Waals surface area contributed by atoms with Crippen molar-refractivity contribution >= 4 is 55.5 Å². The maximum Gasteiger partial charge on any atom is 0.258 e. The van der Waals surface area contributed by atoms with Gasteiger partial charge in [0.15, 0.2) is 0 Å². The van der Waals surface area contributed by atoms with Crippen molar-refractivity contribution in [3.05, 3.63) is 45.3 Å². The molecular formula is C21H24ClN3O4S2. The van der Waals surface area contributed by atoms with Crippen molar-refractivity contribution in [2.75, 3.05) is 30.0 Å². The van der Waals surface area contributed by atoms with Crippen molar-refractivity contribution in [3.8, 4) is 0 Å². The maximum absolute atomic E-state index is 13.1. The Balaban J connectivity index is 1.54. The number of thiophene rings is 1. The van der Waals surface area contributed by atoms with Gasteiger partial charge in [0.2, 0.25) is 15.9 Å². The van der Waals surface area contributed by atoms with Gasteiger partial charge in [-0.25, -0.2) is 12.7 Å². The van der Waals surface area contributed by atoms with Gasteiger partial charge in [0.1, 0.15) is 5.00 Å². The van der Waals surface area contributed by atoms with Gasteiger partial charge in [-0.2, -0.15) is 0 Å². The van der Waals surface area contributed by atoms with E-state index >= 15 is 0 Å². The SMILES string of the molecule is CS(=O)(=O)N1CCCC(C(=O)Nc2sc3c(c2C(=O)Nc2ccc(Cl)cc2)CCC3)C1. The molecular weight excluding hydrogens is 458 g/mol. The minimum absolute atomic E-state index is 0.169. The second-order valence-corrected chi connectivity index (χ2v) is 11.5. The van der Waals surface area contributed by atoms with Crippen molar-refractivity contribution in [2.24, 2.45) is 5.92 Å². The van der Waals surface area contributed by atoms with Crippen LogP contribution in [0.4, 0.5) is 10.7 Å². The van der Waals surface area contributed by atoms with E-state index in [1.165, 1.54) is 15.6 Å². The molecule has 166 valence electrons. The first-order chi connectivity index (χ1) is 14.7. The second kappa shape index (κ2) is 8.90. The zero-order chi connectivity index (χ0) is 22.2. The van der Waals surface area contributed by atoms with E-state index in [9.17, 15) is 18.0 Å². The van der Waals surface area contributed by atoms with Gasteiger partial charge in [-0.05, 0) is 61.9 Å². The minimum atomic E-state index is -3.34. The maximum atomic E-state index is 13.1. The van der Waals surface area contributed by atoms with Gasteiger partial charge in [0.05, 0.1) is 17.7 Å². The first kappa shape index (κ1) is 22.3. The Morgan fingerprint density at radius 1 is 1.13 bits per heavy atom. The molecule has 1 aromatic heterocycles. The lowest BCUT2D eigenvalue weighted by atomic mass is 9.99. The molecule has 1 aliphatic carbocycles. The van der Waals surface area contributed by atoms with Gasteiger partial charge in [-0.1, -0.05) is 11.6 Å². The Labute approximate surface area is 190 Å². The Hall–Kier alpha value is -1.94. The number of halogens is 1. The Bertz CT molecular complexity index is 1110. The summed E-state index contributed by atoms with van der Waals surface area (Å²) in [5.74, 6) is -0.945. The highest BCUT2D eigenvalue weighted by molar-refractivity contribution is 7.88. The quantitative estimate of drug-likeness (QED) is 0.679. The summed E-state index contributed by atoms with van der Waals surface area (Å²) in [5.41, 5.74) is 2.13. The first-order valence-electron chi connectivity index (χ1n) is 10.2. The highest BCUT2D eigenvalue weighted by Gasteiger charge is 2.33. The number of carbonyl (C=O) groups is 2. The van der Waals surface area contributed by atoms with Crippen molar-refractivity contribution < 1.29 is 18.0 Å².